The van der Waals surface area contributed by atoms with Crippen LogP contribution in [-0.4, -0.2) is 41.0 Å². The normalized spacial score (nSPS) is 31.9. The summed E-state index contributed by atoms with van der Waals surface area (Å²) in [6, 6.07) is 6.73. The van der Waals surface area contributed by atoms with Crippen molar-refractivity contribution in [3.8, 4) is 0 Å². The number of amides is 1. The molecular weight excluding hydrogens is 270 g/mol. The molecular formula is C15H17N3OS. The van der Waals surface area contributed by atoms with Crippen molar-refractivity contribution in [2.24, 2.45) is 5.92 Å². The Morgan fingerprint density at radius 2 is 2.30 bits per heavy atom. The van der Waals surface area contributed by atoms with E-state index in [1.54, 1.807) is 11.3 Å². The summed E-state index contributed by atoms with van der Waals surface area (Å²) in [4.78, 5) is 19.2. The van der Waals surface area contributed by atoms with E-state index in [1.165, 1.54) is 6.42 Å². The molecule has 2 saturated heterocycles. The highest BCUT2D eigenvalue weighted by atomic mass is 32.1. The highest BCUT2D eigenvalue weighted by Crippen LogP contribution is 2.32. The van der Waals surface area contributed by atoms with Gasteiger partial charge in [0.2, 0.25) is 0 Å². The standard InChI is InChI=1S/C15H17N3OS/c1-9-6-10-7-18(9)8-13(10)17-15(19)12-2-3-14-11(16-12)4-5-20-14/h2-5,9-10,13H,6-8H2,1H3,(H,17,19). The Kier molecular flexibility index (Phi) is 2.79. The zero-order chi connectivity index (χ0) is 13.7. The van der Waals surface area contributed by atoms with Gasteiger partial charge in [-0.15, -0.1) is 11.3 Å². The molecule has 4 heterocycles. The van der Waals surface area contributed by atoms with Crippen molar-refractivity contribution in [3.05, 3.63) is 29.3 Å². The topological polar surface area (TPSA) is 45.2 Å². The summed E-state index contributed by atoms with van der Waals surface area (Å²) in [5.74, 6) is 0.573. The van der Waals surface area contributed by atoms with Gasteiger partial charge in [0.25, 0.3) is 5.91 Å². The van der Waals surface area contributed by atoms with Crippen LogP contribution in [0.3, 0.4) is 0 Å². The van der Waals surface area contributed by atoms with Crippen molar-refractivity contribution in [2.75, 3.05) is 13.1 Å². The molecule has 4 atom stereocenters. The summed E-state index contributed by atoms with van der Waals surface area (Å²) in [7, 11) is 0. The Labute approximate surface area is 121 Å². The first-order valence-electron chi connectivity index (χ1n) is 7.10. The van der Waals surface area contributed by atoms with Gasteiger partial charge >= 0.3 is 0 Å². The van der Waals surface area contributed by atoms with E-state index in [1.807, 2.05) is 23.6 Å². The van der Waals surface area contributed by atoms with Crippen molar-refractivity contribution in [1.29, 1.82) is 0 Å². The predicted octanol–water partition coefficient (Wildman–Crippen LogP) is 2.12. The minimum absolute atomic E-state index is 0.0375. The van der Waals surface area contributed by atoms with Crippen molar-refractivity contribution in [2.45, 2.75) is 25.4 Å². The Balaban J connectivity index is 1.50. The molecule has 5 heteroatoms. The van der Waals surface area contributed by atoms with E-state index in [4.69, 9.17) is 0 Å². The average molecular weight is 287 g/mol. The van der Waals surface area contributed by atoms with E-state index in [-0.39, 0.29) is 5.91 Å². The first kappa shape index (κ1) is 12.3. The van der Waals surface area contributed by atoms with Crippen LogP contribution in [-0.2, 0) is 0 Å². The Morgan fingerprint density at radius 1 is 1.40 bits per heavy atom. The third-order valence-corrected chi connectivity index (χ3v) is 5.46. The van der Waals surface area contributed by atoms with Crippen molar-refractivity contribution in [3.63, 3.8) is 0 Å². The van der Waals surface area contributed by atoms with Crippen LogP contribution in [0.1, 0.15) is 23.8 Å². The van der Waals surface area contributed by atoms with Gasteiger partial charge in [-0.3, -0.25) is 9.69 Å². The van der Waals surface area contributed by atoms with Gasteiger partial charge in [0, 0.05) is 25.2 Å². The first-order chi connectivity index (χ1) is 9.70. The minimum Gasteiger partial charge on any atom is -0.346 e. The molecule has 2 aliphatic heterocycles. The molecule has 1 N–H and O–H groups in total. The van der Waals surface area contributed by atoms with E-state index in [9.17, 15) is 4.79 Å². The quantitative estimate of drug-likeness (QED) is 0.920. The number of nitrogens with one attached hydrogen (secondary N) is 1. The SMILES string of the molecule is CC1CC2CN1CC2NC(=O)c1ccc2sccc2n1. The number of thiophene rings is 1. The van der Waals surface area contributed by atoms with Gasteiger partial charge in [-0.1, -0.05) is 0 Å². The van der Waals surface area contributed by atoms with Crippen molar-refractivity contribution in [1.82, 2.24) is 15.2 Å². The predicted molar refractivity (Wildman–Crippen MR) is 80.0 cm³/mol. The van der Waals surface area contributed by atoms with E-state index in [0.717, 1.165) is 23.3 Å². The van der Waals surface area contributed by atoms with E-state index >= 15 is 0 Å². The van der Waals surface area contributed by atoms with Gasteiger partial charge in [0.05, 0.1) is 10.2 Å². The van der Waals surface area contributed by atoms with Gasteiger partial charge in [-0.05, 0) is 42.8 Å². The molecule has 2 aromatic rings. The molecule has 0 aliphatic carbocycles. The van der Waals surface area contributed by atoms with Crippen LogP contribution < -0.4 is 5.32 Å². The smallest absolute Gasteiger partial charge is 0.270 e. The number of fused-ring (bicyclic) bond motifs is 3. The lowest BCUT2D eigenvalue weighted by Crippen LogP contribution is -2.45. The molecule has 0 spiro atoms. The maximum Gasteiger partial charge on any atom is 0.270 e. The summed E-state index contributed by atoms with van der Waals surface area (Å²) >= 11 is 1.65. The van der Waals surface area contributed by atoms with Crippen LogP contribution >= 0.6 is 11.3 Å². The average Bonchev–Trinajstić information content (AvgIpc) is 3.12. The van der Waals surface area contributed by atoms with Crippen molar-refractivity contribution >= 4 is 27.5 Å². The number of hydrogen-bond acceptors (Lipinski definition) is 4. The summed E-state index contributed by atoms with van der Waals surface area (Å²) in [6.45, 7) is 4.38. The molecule has 104 valence electrons. The largest absolute Gasteiger partial charge is 0.346 e. The second-order valence-electron chi connectivity index (χ2n) is 5.88. The second-order valence-corrected chi connectivity index (χ2v) is 6.83. The molecule has 0 radical (unpaired) electrons. The number of pyridine rings is 1. The minimum atomic E-state index is -0.0375. The number of hydrogen-bond donors (Lipinski definition) is 1. The second kappa shape index (κ2) is 4.53. The van der Waals surface area contributed by atoms with Gasteiger partial charge in [0.15, 0.2) is 0 Å². The Bertz CT molecular complexity index is 666. The molecule has 0 aromatic carbocycles. The lowest BCUT2D eigenvalue weighted by atomic mass is 9.96. The van der Waals surface area contributed by atoms with Crippen LogP contribution in [0.2, 0.25) is 0 Å². The van der Waals surface area contributed by atoms with Crippen LogP contribution in [0.15, 0.2) is 23.6 Å². The summed E-state index contributed by atoms with van der Waals surface area (Å²) in [6.07, 6.45) is 1.20. The molecule has 1 amide bonds. The summed E-state index contributed by atoms with van der Waals surface area (Å²) < 4.78 is 1.13. The highest BCUT2D eigenvalue weighted by Gasteiger charge is 2.42. The first-order valence-corrected chi connectivity index (χ1v) is 7.98. The third-order valence-electron chi connectivity index (χ3n) is 4.59. The monoisotopic (exact) mass is 287 g/mol. The van der Waals surface area contributed by atoms with Gasteiger partial charge < -0.3 is 5.32 Å². The van der Waals surface area contributed by atoms with Gasteiger partial charge in [0.1, 0.15) is 5.69 Å². The highest BCUT2D eigenvalue weighted by molar-refractivity contribution is 7.17. The molecule has 2 aromatic heterocycles. The Morgan fingerprint density at radius 3 is 3.05 bits per heavy atom. The maximum atomic E-state index is 12.3. The fraction of sp³-hybridized carbons (Fsp3) is 0.467. The van der Waals surface area contributed by atoms with E-state index in [2.05, 4.69) is 22.1 Å². The third kappa shape index (κ3) is 1.93. The Hall–Kier alpha value is -1.46. The fourth-order valence-corrected chi connectivity index (χ4v) is 4.20. The number of carbonyl (C=O) groups excluding carboxylic acids is 1. The number of aromatic nitrogens is 1. The zero-order valence-corrected chi connectivity index (χ0v) is 12.2. The number of nitrogens with zero attached hydrogens (tertiary/aromatic N) is 2. The molecule has 2 aliphatic rings. The summed E-state index contributed by atoms with van der Waals surface area (Å²) in [5, 5.41) is 5.17. The molecule has 0 saturated carbocycles. The molecule has 4 unspecified atom stereocenters. The number of rotatable bonds is 2. The molecule has 2 fully saturated rings. The lowest BCUT2D eigenvalue weighted by Gasteiger charge is -2.27. The van der Waals surface area contributed by atoms with Crippen molar-refractivity contribution < 1.29 is 4.79 Å². The lowest BCUT2D eigenvalue weighted by molar-refractivity contribution is 0.0914. The molecule has 2 bridgehead atoms. The molecule has 20 heavy (non-hydrogen) atoms. The molecule has 4 rings (SSSR count). The van der Waals surface area contributed by atoms with Gasteiger partial charge in [-0.25, -0.2) is 4.98 Å². The van der Waals surface area contributed by atoms with Crippen LogP contribution in [0.4, 0.5) is 0 Å². The number of carbonyl (C=O) groups is 1. The van der Waals surface area contributed by atoms with Crippen LogP contribution in [0, 0.1) is 5.92 Å². The van der Waals surface area contributed by atoms with Crippen LogP contribution in [0.25, 0.3) is 10.2 Å². The van der Waals surface area contributed by atoms with E-state index < -0.39 is 0 Å². The van der Waals surface area contributed by atoms with Crippen LogP contribution in [0.5, 0.6) is 0 Å². The zero-order valence-electron chi connectivity index (χ0n) is 11.4. The summed E-state index contributed by atoms with van der Waals surface area (Å²) in [5.41, 5.74) is 1.44. The molecule has 4 nitrogen and oxygen atoms in total. The number of piperidine rings is 1. The maximum absolute atomic E-state index is 12.3. The van der Waals surface area contributed by atoms with E-state index in [0.29, 0.717) is 23.7 Å². The van der Waals surface area contributed by atoms with Gasteiger partial charge in [-0.2, -0.15) is 0 Å². The fourth-order valence-electron chi connectivity index (χ4n) is 3.48.